The van der Waals surface area contributed by atoms with Crippen molar-refractivity contribution >= 4 is 33.5 Å². The first-order valence-corrected chi connectivity index (χ1v) is 10.1. The molecule has 0 bridgehead atoms. The Morgan fingerprint density at radius 2 is 1.81 bits per heavy atom. The van der Waals surface area contributed by atoms with Crippen molar-refractivity contribution in [1.82, 2.24) is 15.2 Å². The van der Waals surface area contributed by atoms with E-state index in [9.17, 15) is 4.79 Å². The molecule has 0 spiro atoms. The van der Waals surface area contributed by atoms with Gasteiger partial charge in [0.15, 0.2) is 0 Å². The zero-order valence-corrected chi connectivity index (χ0v) is 16.6. The van der Waals surface area contributed by atoms with Gasteiger partial charge in [-0.1, -0.05) is 56.3 Å². The van der Waals surface area contributed by atoms with Crippen molar-refractivity contribution in [1.29, 1.82) is 0 Å². The Kier molecular flexibility index (Phi) is 6.74. The number of carbonyl (C=O) groups excluding carboxylic acids is 1. The molecule has 0 fully saturated rings. The van der Waals surface area contributed by atoms with Crippen LogP contribution in [0.15, 0.2) is 60.7 Å². The van der Waals surface area contributed by atoms with Gasteiger partial charge in [-0.2, -0.15) is 0 Å². The molecule has 4 nitrogen and oxygen atoms in total. The highest BCUT2D eigenvalue weighted by Gasteiger charge is 2.18. The number of benzene rings is 2. The van der Waals surface area contributed by atoms with Crippen LogP contribution in [0.5, 0.6) is 0 Å². The molecule has 1 heterocycles. The van der Waals surface area contributed by atoms with Gasteiger partial charge in [-0.3, -0.25) is 9.69 Å². The minimum Gasteiger partial charge on any atom is -0.351 e. The predicted octanol–water partition coefficient (Wildman–Crippen LogP) is 4.51. The third-order valence-electron chi connectivity index (χ3n) is 4.59. The van der Waals surface area contributed by atoms with Gasteiger partial charge < -0.3 is 5.32 Å². The molecule has 5 heteroatoms. The van der Waals surface area contributed by atoms with Crippen LogP contribution < -0.4 is 5.32 Å². The van der Waals surface area contributed by atoms with E-state index in [0.29, 0.717) is 6.54 Å². The van der Waals surface area contributed by atoms with Crippen LogP contribution in [-0.4, -0.2) is 35.4 Å². The molecule has 1 amide bonds. The molecule has 2 aromatic carbocycles. The van der Waals surface area contributed by atoms with Crippen molar-refractivity contribution in [3.05, 3.63) is 71.2 Å². The largest absolute Gasteiger partial charge is 0.351 e. The Morgan fingerprint density at radius 1 is 1.11 bits per heavy atom. The van der Waals surface area contributed by atoms with Crippen LogP contribution in [-0.2, 0) is 4.79 Å². The van der Waals surface area contributed by atoms with E-state index in [-0.39, 0.29) is 11.9 Å². The number of rotatable bonds is 8. The summed E-state index contributed by atoms with van der Waals surface area (Å²) in [5, 5.41) is 3.89. The first-order valence-electron chi connectivity index (χ1n) is 9.31. The van der Waals surface area contributed by atoms with Gasteiger partial charge in [-0.05, 0) is 36.9 Å². The molecule has 1 atom stereocenters. The molecule has 0 aliphatic heterocycles. The van der Waals surface area contributed by atoms with E-state index < -0.39 is 0 Å². The van der Waals surface area contributed by atoms with Crippen LogP contribution in [0.1, 0.15) is 30.5 Å². The molecule has 1 N–H and O–H groups in total. The second kappa shape index (κ2) is 9.44. The van der Waals surface area contributed by atoms with Gasteiger partial charge in [0.25, 0.3) is 0 Å². The lowest BCUT2D eigenvalue weighted by atomic mass is 10.1. The highest BCUT2D eigenvalue weighted by Crippen LogP contribution is 2.22. The van der Waals surface area contributed by atoms with Gasteiger partial charge >= 0.3 is 0 Å². The monoisotopic (exact) mass is 379 g/mol. The minimum atomic E-state index is -0.0951. The summed E-state index contributed by atoms with van der Waals surface area (Å²) in [5.41, 5.74) is 2.19. The van der Waals surface area contributed by atoms with Gasteiger partial charge in [0.2, 0.25) is 5.91 Å². The number of amides is 1. The molecule has 1 aromatic heterocycles. The summed E-state index contributed by atoms with van der Waals surface area (Å²) in [6.45, 7) is 6.75. The quantitative estimate of drug-likeness (QED) is 0.586. The summed E-state index contributed by atoms with van der Waals surface area (Å²) >= 11 is 1.59. The lowest BCUT2D eigenvalue weighted by Crippen LogP contribution is -2.37. The lowest BCUT2D eigenvalue weighted by Gasteiger charge is -2.30. The molecular weight excluding hydrogens is 354 g/mol. The zero-order valence-electron chi connectivity index (χ0n) is 15.8. The molecule has 140 valence electrons. The first kappa shape index (κ1) is 19.3. The summed E-state index contributed by atoms with van der Waals surface area (Å²) in [6, 6.07) is 18.5. The maximum Gasteiger partial charge on any atom is 0.244 e. The zero-order chi connectivity index (χ0) is 19.1. The Morgan fingerprint density at radius 3 is 2.52 bits per heavy atom. The molecule has 0 radical (unpaired) electrons. The fraction of sp³-hybridized carbons (Fsp3) is 0.273. The summed E-state index contributed by atoms with van der Waals surface area (Å²) in [5.74, 6) is -0.0951. The predicted molar refractivity (Wildman–Crippen MR) is 114 cm³/mol. The van der Waals surface area contributed by atoms with Gasteiger partial charge in [0, 0.05) is 12.6 Å². The van der Waals surface area contributed by atoms with Gasteiger partial charge in [0.05, 0.1) is 16.3 Å². The number of fused-ring (bicyclic) bond motifs is 1. The van der Waals surface area contributed by atoms with Crippen LogP contribution in [0, 0.1) is 0 Å². The summed E-state index contributed by atoms with van der Waals surface area (Å²) in [7, 11) is 0. The number of nitrogens with one attached hydrogen (secondary N) is 1. The average molecular weight is 380 g/mol. The maximum atomic E-state index is 12.3. The fourth-order valence-electron chi connectivity index (χ4n) is 3.16. The van der Waals surface area contributed by atoms with Crippen molar-refractivity contribution in [3.8, 4) is 0 Å². The van der Waals surface area contributed by atoms with Crippen molar-refractivity contribution in [2.45, 2.75) is 19.9 Å². The van der Waals surface area contributed by atoms with E-state index in [4.69, 9.17) is 0 Å². The standard InChI is InChI=1S/C22H25N3OS/c1-3-25(4-2)19(17-10-6-5-7-11-17)16-23-21(26)14-15-22-24-18-12-8-9-13-20(18)27-22/h5-15,19H,3-4,16H2,1-2H3,(H,23,26)/b15-14+/t19-/m0/s1. The molecule has 0 aliphatic rings. The van der Waals surface area contributed by atoms with Crippen molar-refractivity contribution in [2.24, 2.45) is 0 Å². The molecule has 0 aliphatic carbocycles. The van der Waals surface area contributed by atoms with Crippen LogP contribution in [0.3, 0.4) is 0 Å². The molecule has 0 saturated heterocycles. The third-order valence-corrected chi connectivity index (χ3v) is 5.60. The van der Waals surface area contributed by atoms with E-state index in [1.165, 1.54) is 5.56 Å². The van der Waals surface area contributed by atoms with Crippen molar-refractivity contribution < 1.29 is 4.79 Å². The summed E-state index contributed by atoms with van der Waals surface area (Å²) in [4.78, 5) is 19.2. The van der Waals surface area contributed by atoms with E-state index in [0.717, 1.165) is 28.3 Å². The second-order valence-corrected chi connectivity index (χ2v) is 7.31. The number of hydrogen-bond acceptors (Lipinski definition) is 4. The fourth-order valence-corrected chi connectivity index (χ4v) is 4.03. The lowest BCUT2D eigenvalue weighted by molar-refractivity contribution is -0.116. The van der Waals surface area contributed by atoms with Gasteiger partial charge in [-0.25, -0.2) is 4.98 Å². The van der Waals surface area contributed by atoms with Crippen LogP contribution in [0.25, 0.3) is 16.3 Å². The number of likely N-dealkylation sites (N-methyl/N-ethyl adjacent to an activating group) is 1. The second-order valence-electron chi connectivity index (χ2n) is 6.25. The minimum absolute atomic E-state index is 0.0951. The molecule has 0 unspecified atom stereocenters. The Hall–Kier alpha value is -2.50. The molecule has 3 aromatic rings. The Bertz CT molecular complexity index is 867. The SMILES string of the molecule is CCN(CC)[C@@H](CNC(=O)/C=C/c1nc2ccccc2s1)c1ccccc1. The number of carbonyl (C=O) groups is 1. The van der Waals surface area contributed by atoms with Crippen LogP contribution in [0.4, 0.5) is 0 Å². The summed E-state index contributed by atoms with van der Waals surface area (Å²) in [6.07, 6.45) is 3.36. The van der Waals surface area contributed by atoms with E-state index in [2.05, 4.69) is 41.2 Å². The van der Waals surface area contributed by atoms with Crippen molar-refractivity contribution in [2.75, 3.05) is 19.6 Å². The van der Waals surface area contributed by atoms with E-state index in [1.54, 1.807) is 23.5 Å². The Balaban J connectivity index is 1.64. The molecule has 0 saturated carbocycles. The maximum absolute atomic E-state index is 12.3. The highest BCUT2D eigenvalue weighted by atomic mass is 32.1. The molecule has 3 rings (SSSR count). The van der Waals surface area contributed by atoms with Gasteiger partial charge in [0.1, 0.15) is 5.01 Å². The number of aromatic nitrogens is 1. The van der Waals surface area contributed by atoms with E-state index >= 15 is 0 Å². The average Bonchev–Trinajstić information content (AvgIpc) is 3.13. The smallest absolute Gasteiger partial charge is 0.244 e. The highest BCUT2D eigenvalue weighted by molar-refractivity contribution is 7.19. The molecular formula is C22H25N3OS. The third kappa shape index (κ3) is 5.02. The van der Waals surface area contributed by atoms with E-state index in [1.807, 2.05) is 42.5 Å². The number of nitrogens with zero attached hydrogens (tertiary/aromatic N) is 2. The summed E-state index contributed by atoms with van der Waals surface area (Å²) < 4.78 is 1.13. The van der Waals surface area contributed by atoms with Crippen LogP contribution >= 0.6 is 11.3 Å². The van der Waals surface area contributed by atoms with Crippen molar-refractivity contribution in [3.63, 3.8) is 0 Å². The normalized spacial score (nSPS) is 12.7. The number of thiazole rings is 1. The number of para-hydroxylation sites is 1. The Labute approximate surface area is 164 Å². The topological polar surface area (TPSA) is 45.2 Å². The van der Waals surface area contributed by atoms with Crippen LogP contribution in [0.2, 0.25) is 0 Å². The van der Waals surface area contributed by atoms with Gasteiger partial charge in [-0.15, -0.1) is 11.3 Å². The number of hydrogen-bond donors (Lipinski definition) is 1. The molecule has 27 heavy (non-hydrogen) atoms. The first-order chi connectivity index (χ1) is 13.2.